The molecule has 1 aromatic heterocycles. The zero-order valence-electron chi connectivity index (χ0n) is 17.0. The monoisotopic (exact) mass is 449 g/mol. The molecular weight excluding hydrogens is 431 g/mol. The van der Waals surface area contributed by atoms with Crippen LogP contribution in [0.5, 0.6) is 11.5 Å². The van der Waals surface area contributed by atoms with Crippen LogP contribution in [0.15, 0.2) is 48.5 Å². The van der Waals surface area contributed by atoms with Crippen molar-refractivity contribution in [3.8, 4) is 17.2 Å². The van der Waals surface area contributed by atoms with Crippen LogP contribution in [0.1, 0.15) is 16.1 Å². The summed E-state index contributed by atoms with van der Waals surface area (Å²) in [7, 11) is 1.22. The Hall–Kier alpha value is -4.02. The number of hydrogen-bond donors (Lipinski definition) is 1. The van der Waals surface area contributed by atoms with Gasteiger partial charge in [0.2, 0.25) is 0 Å². The summed E-state index contributed by atoms with van der Waals surface area (Å²) in [6.45, 7) is -1.97. The number of alkyl halides is 2. The molecule has 0 atom stereocenters. The Morgan fingerprint density at radius 1 is 1.09 bits per heavy atom. The van der Waals surface area contributed by atoms with Gasteiger partial charge >= 0.3 is 12.6 Å². The summed E-state index contributed by atoms with van der Waals surface area (Å²) in [5.74, 6) is -1.98. The zero-order chi connectivity index (χ0) is 23.3. The van der Waals surface area contributed by atoms with Crippen molar-refractivity contribution in [2.45, 2.75) is 13.5 Å². The number of carbonyl (C=O) groups is 2. The molecule has 168 valence electrons. The predicted octanol–water partition coefficient (Wildman–Crippen LogP) is 3.73. The van der Waals surface area contributed by atoms with E-state index in [9.17, 15) is 22.8 Å². The first-order chi connectivity index (χ1) is 15.3. The van der Waals surface area contributed by atoms with Crippen LogP contribution >= 0.6 is 0 Å². The molecule has 1 heterocycles. The van der Waals surface area contributed by atoms with Crippen LogP contribution in [0.25, 0.3) is 5.69 Å². The fourth-order valence-corrected chi connectivity index (χ4v) is 2.75. The van der Waals surface area contributed by atoms with Crippen molar-refractivity contribution in [1.29, 1.82) is 0 Å². The van der Waals surface area contributed by atoms with E-state index >= 15 is 0 Å². The smallest absolute Gasteiger partial charge is 0.387 e. The lowest BCUT2D eigenvalue weighted by Crippen LogP contribution is -2.22. The van der Waals surface area contributed by atoms with Gasteiger partial charge < -0.3 is 19.5 Å². The Kier molecular flexibility index (Phi) is 6.98. The highest BCUT2D eigenvalue weighted by molar-refractivity contribution is 5.95. The lowest BCUT2D eigenvalue weighted by atomic mass is 10.2. The van der Waals surface area contributed by atoms with Gasteiger partial charge in [0, 0.05) is 6.07 Å². The molecule has 0 bridgehead atoms. The number of methoxy groups -OCH3 is 1. The fraction of sp³-hybridized carbons (Fsp3) is 0.190. The maximum atomic E-state index is 13.2. The zero-order valence-corrected chi connectivity index (χ0v) is 17.0. The Morgan fingerprint density at radius 2 is 1.81 bits per heavy atom. The van der Waals surface area contributed by atoms with Crippen LogP contribution in [-0.4, -0.2) is 42.0 Å². The molecule has 3 rings (SSSR count). The van der Waals surface area contributed by atoms with Crippen molar-refractivity contribution in [3.05, 3.63) is 65.6 Å². The average Bonchev–Trinajstić information content (AvgIpc) is 3.12. The number of carbonyl (C=O) groups excluding carboxylic acids is 2. The second-order valence-electron chi connectivity index (χ2n) is 6.43. The molecule has 0 aliphatic heterocycles. The third-order valence-electron chi connectivity index (χ3n) is 4.12. The molecule has 0 spiro atoms. The minimum atomic E-state index is -3.06. The topological polar surface area (TPSA) is 91.7 Å². The van der Waals surface area contributed by atoms with Gasteiger partial charge in [-0.15, -0.1) is 0 Å². The summed E-state index contributed by atoms with van der Waals surface area (Å²) in [5.41, 5.74) is 1.09. The standard InChI is InChI=1S/C21H18F3N3O5/c1-12-9-18(27(26-12)15-6-4-14(22)5-7-15)25-19(28)11-31-20(29)13-3-8-16(32-21(23)24)17(10-13)30-2/h3-10,21H,11H2,1-2H3,(H,25,28). The van der Waals surface area contributed by atoms with E-state index in [4.69, 9.17) is 9.47 Å². The largest absolute Gasteiger partial charge is 0.493 e. The number of aromatic nitrogens is 2. The Morgan fingerprint density at radius 3 is 2.47 bits per heavy atom. The number of benzene rings is 2. The predicted molar refractivity (Wildman–Crippen MR) is 107 cm³/mol. The van der Waals surface area contributed by atoms with Crippen molar-refractivity contribution in [3.63, 3.8) is 0 Å². The van der Waals surface area contributed by atoms with Crippen molar-refractivity contribution >= 4 is 17.7 Å². The summed E-state index contributed by atoms with van der Waals surface area (Å²) < 4.78 is 53.6. The molecule has 0 saturated heterocycles. The molecular formula is C21H18F3N3O5. The van der Waals surface area contributed by atoms with Crippen LogP contribution in [-0.2, 0) is 9.53 Å². The number of esters is 1. The lowest BCUT2D eigenvalue weighted by Gasteiger charge is -2.12. The number of halogens is 3. The molecule has 0 radical (unpaired) electrons. The van der Waals surface area contributed by atoms with E-state index in [1.165, 1.54) is 42.1 Å². The highest BCUT2D eigenvalue weighted by atomic mass is 19.3. The van der Waals surface area contributed by atoms with E-state index < -0.39 is 30.9 Å². The van der Waals surface area contributed by atoms with Crippen molar-refractivity contribution < 1.29 is 37.0 Å². The van der Waals surface area contributed by atoms with Gasteiger partial charge in [0.1, 0.15) is 11.6 Å². The molecule has 1 N–H and O–H groups in total. The molecule has 0 aliphatic carbocycles. The van der Waals surface area contributed by atoms with Gasteiger partial charge in [0.05, 0.1) is 24.1 Å². The van der Waals surface area contributed by atoms with Crippen LogP contribution in [0.3, 0.4) is 0 Å². The molecule has 1 amide bonds. The first-order valence-electron chi connectivity index (χ1n) is 9.19. The second-order valence-corrected chi connectivity index (χ2v) is 6.43. The minimum absolute atomic E-state index is 0.0246. The number of nitrogens with one attached hydrogen (secondary N) is 1. The van der Waals surface area contributed by atoms with Crippen molar-refractivity contribution in [2.24, 2.45) is 0 Å². The molecule has 0 unspecified atom stereocenters. The maximum Gasteiger partial charge on any atom is 0.387 e. The highest BCUT2D eigenvalue weighted by Gasteiger charge is 2.17. The minimum Gasteiger partial charge on any atom is -0.493 e. The summed E-state index contributed by atoms with van der Waals surface area (Å²) >= 11 is 0. The number of hydrogen-bond acceptors (Lipinski definition) is 6. The van der Waals surface area contributed by atoms with Gasteiger partial charge in [0.15, 0.2) is 18.1 Å². The van der Waals surface area contributed by atoms with Gasteiger partial charge in [-0.05, 0) is 49.4 Å². The van der Waals surface area contributed by atoms with E-state index in [2.05, 4.69) is 15.2 Å². The number of aryl methyl sites for hydroxylation is 1. The number of anilines is 1. The number of rotatable bonds is 8. The van der Waals surface area contributed by atoms with Gasteiger partial charge in [0.25, 0.3) is 5.91 Å². The Labute approximate surface area is 180 Å². The van der Waals surface area contributed by atoms with Gasteiger partial charge in [-0.2, -0.15) is 13.9 Å². The van der Waals surface area contributed by atoms with Crippen molar-refractivity contribution in [1.82, 2.24) is 9.78 Å². The number of nitrogens with zero attached hydrogens (tertiary/aromatic N) is 2. The molecule has 2 aromatic carbocycles. The summed E-state index contributed by atoms with van der Waals surface area (Å²) in [6, 6.07) is 10.6. The van der Waals surface area contributed by atoms with Crippen LogP contribution < -0.4 is 14.8 Å². The molecule has 0 fully saturated rings. The fourth-order valence-electron chi connectivity index (χ4n) is 2.75. The maximum absolute atomic E-state index is 13.2. The molecule has 11 heteroatoms. The summed E-state index contributed by atoms with van der Waals surface area (Å²) in [6.07, 6.45) is 0. The lowest BCUT2D eigenvalue weighted by molar-refractivity contribution is -0.119. The molecule has 8 nitrogen and oxygen atoms in total. The van der Waals surface area contributed by atoms with Gasteiger partial charge in [-0.3, -0.25) is 4.79 Å². The third kappa shape index (κ3) is 5.56. The van der Waals surface area contributed by atoms with Crippen molar-refractivity contribution in [2.75, 3.05) is 19.0 Å². The average molecular weight is 449 g/mol. The van der Waals surface area contributed by atoms with Crippen LogP contribution in [0, 0.1) is 12.7 Å². The Bertz CT molecular complexity index is 1120. The van der Waals surface area contributed by atoms with Gasteiger partial charge in [-0.1, -0.05) is 0 Å². The van der Waals surface area contributed by atoms with Crippen LogP contribution in [0.2, 0.25) is 0 Å². The van der Waals surface area contributed by atoms with E-state index in [1.807, 2.05) is 0 Å². The molecule has 3 aromatic rings. The van der Waals surface area contributed by atoms with E-state index in [0.717, 1.165) is 12.1 Å². The number of amides is 1. The molecule has 0 saturated carbocycles. The SMILES string of the molecule is COc1cc(C(=O)OCC(=O)Nc2cc(C)nn2-c2ccc(F)cc2)ccc1OC(F)F. The molecule has 0 aliphatic rings. The second kappa shape index (κ2) is 9.86. The summed E-state index contributed by atoms with van der Waals surface area (Å²) in [4.78, 5) is 24.5. The highest BCUT2D eigenvalue weighted by Crippen LogP contribution is 2.29. The van der Waals surface area contributed by atoms with E-state index in [-0.39, 0.29) is 17.1 Å². The molecule has 32 heavy (non-hydrogen) atoms. The van der Waals surface area contributed by atoms with Gasteiger partial charge in [-0.25, -0.2) is 13.9 Å². The van der Waals surface area contributed by atoms with E-state index in [1.54, 1.807) is 13.0 Å². The third-order valence-corrected chi connectivity index (χ3v) is 4.12. The Balaban J connectivity index is 1.64. The quantitative estimate of drug-likeness (QED) is 0.527. The van der Waals surface area contributed by atoms with Crippen LogP contribution in [0.4, 0.5) is 19.0 Å². The first kappa shape index (κ1) is 22.7. The first-order valence-corrected chi connectivity index (χ1v) is 9.19. The van der Waals surface area contributed by atoms with E-state index in [0.29, 0.717) is 17.2 Å². The normalized spacial score (nSPS) is 10.7. The summed E-state index contributed by atoms with van der Waals surface area (Å²) in [5, 5.41) is 6.81. The number of ether oxygens (including phenoxy) is 3.